The molecule has 1 saturated heterocycles. The van der Waals surface area contributed by atoms with E-state index >= 15 is 0 Å². The summed E-state index contributed by atoms with van der Waals surface area (Å²) in [5.74, 6) is 0.658. The molecule has 2 fully saturated rings. The van der Waals surface area contributed by atoms with Crippen molar-refractivity contribution in [1.29, 1.82) is 0 Å². The summed E-state index contributed by atoms with van der Waals surface area (Å²) < 4.78 is 26.6. The molecule has 1 heterocycles. The molecule has 1 N–H and O–H groups in total. The van der Waals surface area contributed by atoms with Crippen molar-refractivity contribution in [2.75, 3.05) is 13.1 Å². The van der Waals surface area contributed by atoms with Crippen molar-refractivity contribution in [3.8, 4) is 0 Å². The summed E-state index contributed by atoms with van der Waals surface area (Å²) in [6.07, 6.45) is 1.24. The van der Waals surface area contributed by atoms with Gasteiger partial charge in [-0.1, -0.05) is 17.7 Å². The molecule has 3 rings (SSSR count). The van der Waals surface area contributed by atoms with Gasteiger partial charge in [0.1, 0.15) is 0 Å². The van der Waals surface area contributed by atoms with Gasteiger partial charge in [-0.25, -0.2) is 8.42 Å². The van der Waals surface area contributed by atoms with Crippen LogP contribution in [0.15, 0.2) is 29.2 Å². The summed E-state index contributed by atoms with van der Waals surface area (Å²) >= 11 is 0. The Morgan fingerprint density at radius 1 is 1.11 bits per heavy atom. The third-order valence-corrected chi connectivity index (χ3v) is 6.20. The molecule has 2 aliphatic rings. The molecule has 1 aromatic carbocycles. The second-order valence-corrected chi connectivity index (χ2v) is 7.72. The highest BCUT2D eigenvalue weighted by molar-refractivity contribution is 7.89. The smallest absolute Gasteiger partial charge is 0.243 e. The summed E-state index contributed by atoms with van der Waals surface area (Å²) in [5.41, 5.74) is 1.06. The fraction of sp³-hybridized carbons (Fsp3) is 0.571. The van der Waals surface area contributed by atoms with Crippen LogP contribution in [0.5, 0.6) is 0 Å². The monoisotopic (exact) mass is 281 g/mol. The van der Waals surface area contributed by atoms with Gasteiger partial charge in [-0.2, -0.15) is 4.31 Å². The van der Waals surface area contributed by atoms with E-state index in [0.29, 0.717) is 29.8 Å². The predicted molar refractivity (Wildman–Crippen MR) is 72.2 cm³/mol. The Morgan fingerprint density at radius 3 is 2.16 bits per heavy atom. The summed E-state index contributed by atoms with van der Waals surface area (Å²) in [4.78, 5) is 0.374. The number of rotatable bonds is 2. The number of nitrogens with zero attached hydrogens (tertiary/aromatic N) is 1. The third-order valence-electron chi connectivity index (χ3n) is 4.35. The van der Waals surface area contributed by atoms with Gasteiger partial charge in [-0.3, -0.25) is 0 Å². The van der Waals surface area contributed by atoms with Gasteiger partial charge in [0.25, 0.3) is 0 Å². The maximum Gasteiger partial charge on any atom is 0.243 e. The Balaban J connectivity index is 1.81. The van der Waals surface area contributed by atoms with Gasteiger partial charge in [0, 0.05) is 13.1 Å². The second-order valence-electron chi connectivity index (χ2n) is 5.78. The SMILES string of the molecule is Cc1ccc(S(=O)(=O)N2C[C@H]3CC(O)C[C@H]3C2)cc1. The van der Waals surface area contributed by atoms with Crippen LogP contribution in [-0.2, 0) is 10.0 Å². The maximum atomic E-state index is 12.5. The molecule has 19 heavy (non-hydrogen) atoms. The molecule has 1 unspecified atom stereocenters. The average molecular weight is 281 g/mol. The number of sulfonamides is 1. The summed E-state index contributed by atoms with van der Waals surface area (Å²) in [6, 6.07) is 7.00. The van der Waals surface area contributed by atoms with Crippen LogP contribution in [0.2, 0.25) is 0 Å². The Bertz CT molecular complexity index is 553. The summed E-state index contributed by atoms with van der Waals surface area (Å²) in [5, 5.41) is 9.60. The molecule has 1 aliphatic heterocycles. The first-order valence-corrected chi connectivity index (χ1v) is 8.15. The van der Waals surface area contributed by atoms with Gasteiger partial charge in [0.05, 0.1) is 11.0 Å². The molecule has 0 amide bonds. The molecule has 0 spiro atoms. The van der Waals surface area contributed by atoms with Gasteiger partial charge in [0.2, 0.25) is 10.0 Å². The minimum Gasteiger partial charge on any atom is -0.393 e. The average Bonchev–Trinajstić information content (AvgIpc) is 2.87. The van der Waals surface area contributed by atoms with Gasteiger partial charge >= 0.3 is 0 Å². The predicted octanol–water partition coefficient (Wildman–Crippen LogP) is 1.39. The van der Waals surface area contributed by atoms with Crippen molar-refractivity contribution >= 4 is 10.0 Å². The number of hydrogen-bond acceptors (Lipinski definition) is 3. The van der Waals surface area contributed by atoms with Crippen LogP contribution in [0, 0.1) is 18.8 Å². The molecule has 0 aromatic heterocycles. The van der Waals surface area contributed by atoms with E-state index in [-0.39, 0.29) is 6.10 Å². The fourth-order valence-corrected chi connectivity index (χ4v) is 4.83. The number of benzene rings is 1. The lowest BCUT2D eigenvalue weighted by Gasteiger charge is -2.18. The molecule has 4 nitrogen and oxygen atoms in total. The van der Waals surface area contributed by atoms with Crippen LogP contribution in [-0.4, -0.2) is 37.0 Å². The fourth-order valence-electron chi connectivity index (χ4n) is 3.28. The van der Waals surface area contributed by atoms with Crippen molar-refractivity contribution in [2.45, 2.75) is 30.8 Å². The van der Waals surface area contributed by atoms with E-state index in [2.05, 4.69) is 0 Å². The summed E-state index contributed by atoms with van der Waals surface area (Å²) in [7, 11) is -3.36. The zero-order valence-electron chi connectivity index (χ0n) is 11.0. The Kier molecular flexibility index (Phi) is 3.15. The standard InChI is InChI=1S/C14H19NO3S/c1-10-2-4-14(5-3-10)19(17,18)15-8-11-6-13(16)7-12(11)9-15/h2-5,11-13,16H,6-9H2,1H3/t11-,12+,13?. The molecule has 104 valence electrons. The second kappa shape index (κ2) is 4.58. The van der Waals surface area contributed by atoms with E-state index in [0.717, 1.165) is 18.4 Å². The van der Waals surface area contributed by atoms with Crippen LogP contribution in [0.25, 0.3) is 0 Å². The summed E-state index contributed by atoms with van der Waals surface area (Å²) in [6.45, 7) is 3.05. The molecule has 5 heteroatoms. The number of aliphatic hydroxyl groups excluding tert-OH is 1. The lowest BCUT2D eigenvalue weighted by atomic mass is 10.0. The first-order valence-electron chi connectivity index (χ1n) is 6.71. The van der Waals surface area contributed by atoms with Crippen LogP contribution in [0.3, 0.4) is 0 Å². The van der Waals surface area contributed by atoms with Gasteiger partial charge in [0.15, 0.2) is 0 Å². The molecule has 1 aromatic rings. The van der Waals surface area contributed by atoms with Crippen molar-refractivity contribution in [1.82, 2.24) is 4.31 Å². The molecule has 3 atom stereocenters. The normalized spacial score (nSPS) is 31.6. The number of fused-ring (bicyclic) bond motifs is 1. The van der Waals surface area contributed by atoms with Crippen molar-refractivity contribution in [3.63, 3.8) is 0 Å². The molecular formula is C14H19NO3S. The van der Waals surface area contributed by atoms with Crippen LogP contribution < -0.4 is 0 Å². The lowest BCUT2D eigenvalue weighted by molar-refractivity contribution is 0.169. The van der Waals surface area contributed by atoms with E-state index in [1.807, 2.05) is 19.1 Å². The molecule has 1 saturated carbocycles. The van der Waals surface area contributed by atoms with Gasteiger partial charge < -0.3 is 5.11 Å². The van der Waals surface area contributed by atoms with E-state index in [1.165, 1.54) is 0 Å². The van der Waals surface area contributed by atoms with Gasteiger partial charge in [-0.15, -0.1) is 0 Å². The van der Waals surface area contributed by atoms with E-state index in [4.69, 9.17) is 0 Å². The molecule has 0 radical (unpaired) electrons. The minimum absolute atomic E-state index is 0.237. The number of hydrogen-bond donors (Lipinski definition) is 1. The largest absolute Gasteiger partial charge is 0.393 e. The zero-order valence-corrected chi connectivity index (χ0v) is 11.8. The lowest BCUT2D eigenvalue weighted by Crippen LogP contribution is -2.30. The first kappa shape index (κ1) is 13.1. The minimum atomic E-state index is -3.36. The van der Waals surface area contributed by atoms with E-state index in [1.54, 1.807) is 16.4 Å². The molecular weight excluding hydrogens is 262 g/mol. The molecule has 0 bridgehead atoms. The molecule has 1 aliphatic carbocycles. The Labute approximate surface area is 114 Å². The van der Waals surface area contributed by atoms with Crippen LogP contribution in [0.1, 0.15) is 18.4 Å². The third kappa shape index (κ3) is 2.30. The van der Waals surface area contributed by atoms with E-state index < -0.39 is 10.0 Å². The Hall–Kier alpha value is -0.910. The van der Waals surface area contributed by atoms with Gasteiger partial charge in [-0.05, 0) is 43.7 Å². The number of aryl methyl sites for hydroxylation is 1. The number of aliphatic hydroxyl groups is 1. The topological polar surface area (TPSA) is 57.6 Å². The van der Waals surface area contributed by atoms with Crippen molar-refractivity contribution in [3.05, 3.63) is 29.8 Å². The van der Waals surface area contributed by atoms with E-state index in [9.17, 15) is 13.5 Å². The highest BCUT2D eigenvalue weighted by Gasteiger charge is 2.44. The van der Waals surface area contributed by atoms with Crippen LogP contribution in [0.4, 0.5) is 0 Å². The Morgan fingerprint density at radius 2 is 1.63 bits per heavy atom. The van der Waals surface area contributed by atoms with Crippen molar-refractivity contribution < 1.29 is 13.5 Å². The quantitative estimate of drug-likeness (QED) is 0.891. The van der Waals surface area contributed by atoms with Crippen LogP contribution >= 0.6 is 0 Å². The maximum absolute atomic E-state index is 12.5. The zero-order chi connectivity index (χ0) is 13.6. The highest BCUT2D eigenvalue weighted by Crippen LogP contribution is 2.39. The van der Waals surface area contributed by atoms with Crippen molar-refractivity contribution in [2.24, 2.45) is 11.8 Å². The first-order chi connectivity index (χ1) is 8.96. The highest BCUT2D eigenvalue weighted by atomic mass is 32.2.